The summed E-state index contributed by atoms with van der Waals surface area (Å²) in [5.41, 5.74) is 0.877. The fourth-order valence-electron chi connectivity index (χ4n) is 2.15. The van der Waals surface area contributed by atoms with Crippen LogP contribution in [0.5, 0.6) is 0 Å². The Kier molecular flexibility index (Phi) is 3.93. The highest BCUT2D eigenvalue weighted by atomic mass is 19.1. The molecular weight excluding hydrogens is 288 g/mol. The molecule has 2 aromatic carbocycles. The van der Waals surface area contributed by atoms with E-state index < -0.39 is 17.7 Å². The van der Waals surface area contributed by atoms with E-state index in [0.29, 0.717) is 5.82 Å². The zero-order valence-electron chi connectivity index (χ0n) is 11.5. The van der Waals surface area contributed by atoms with Crippen molar-refractivity contribution in [1.82, 2.24) is 14.8 Å². The van der Waals surface area contributed by atoms with Crippen LogP contribution in [0.3, 0.4) is 0 Å². The van der Waals surface area contributed by atoms with Crippen molar-refractivity contribution in [2.45, 2.75) is 12.6 Å². The summed E-state index contributed by atoms with van der Waals surface area (Å²) in [5.74, 6) is -0.941. The number of benzene rings is 2. The number of nitrogens with zero attached hydrogens (tertiary/aromatic N) is 3. The molecule has 0 bridgehead atoms. The maximum Gasteiger partial charge on any atom is 0.181 e. The Morgan fingerprint density at radius 1 is 1.09 bits per heavy atom. The van der Waals surface area contributed by atoms with E-state index in [0.717, 1.165) is 17.7 Å². The van der Waals surface area contributed by atoms with E-state index >= 15 is 0 Å². The highest BCUT2D eigenvalue weighted by molar-refractivity contribution is 5.53. The lowest BCUT2D eigenvalue weighted by Crippen LogP contribution is -2.11. The first-order chi connectivity index (χ1) is 10.6. The van der Waals surface area contributed by atoms with Gasteiger partial charge in [-0.3, -0.25) is 0 Å². The van der Waals surface area contributed by atoms with Crippen molar-refractivity contribution in [2.75, 3.05) is 0 Å². The van der Waals surface area contributed by atoms with Crippen LogP contribution in [0.2, 0.25) is 0 Å². The Balaban J connectivity index is 1.77. The highest BCUT2D eigenvalue weighted by Crippen LogP contribution is 2.20. The van der Waals surface area contributed by atoms with Gasteiger partial charge in [-0.1, -0.05) is 36.4 Å². The predicted molar refractivity (Wildman–Crippen MR) is 76.8 cm³/mol. The molecule has 6 heteroatoms. The van der Waals surface area contributed by atoms with Gasteiger partial charge in [0.25, 0.3) is 0 Å². The molecule has 1 aromatic heterocycles. The summed E-state index contributed by atoms with van der Waals surface area (Å²) >= 11 is 0. The summed E-state index contributed by atoms with van der Waals surface area (Å²) in [6, 6.07) is 12.5. The molecular formula is C16H13F2N3O. The van der Waals surface area contributed by atoms with Gasteiger partial charge in [-0.15, -0.1) is 0 Å². The molecule has 4 nitrogen and oxygen atoms in total. The van der Waals surface area contributed by atoms with E-state index in [-0.39, 0.29) is 12.1 Å². The predicted octanol–water partition coefficient (Wildman–Crippen LogP) is 2.96. The molecule has 0 saturated heterocycles. The van der Waals surface area contributed by atoms with E-state index in [1.807, 2.05) is 30.3 Å². The van der Waals surface area contributed by atoms with Gasteiger partial charge >= 0.3 is 0 Å². The monoisotopic (exact) mass is 301 g/mol. The van der Waals surface area contributed by atoms with Gasteiger partial charge in [0.1, 0.15) is 24.1 Å². The first-order valence-electron chi connectivity index (χ1n) is 6.71. The van der Waals surface area contributed by atoms with Crippen molar-refractivity contribution < 1.29 is 13.9 Å². The largest absolute Gasteiger partial charge is 0.386 e. The fraction of sp³-hybridized carbons (Fsp3) is 0.125. The van der Waals surface area contributed by atoms with Crippen LogP contribution in [-0.2, 0) is 6.54 Å². The van der Waals surface area contributed by atoms with Crippen LogP contribution in [0, 0.1) is 11.6 Å². The molecule has 0 amide bonds. The Hall–Kier alpha value is -2.60. The summed E-state index contributed by atoms with van der Waals surface area (Å²) in [5, 5.41) is 14.3. The van der Waals surface area contributed by atoms with Gasteiger partial charge in [-0.2, -0.15) is 5.10 Å². The number of rotatable bonds is 4. The zero-order chi connectivity index (χ0) is 15.5. The quantitative estimate of drug-likeness (QED) is 0.806. The summed E-state index contributed by atoms with van der Waals surface area (Å²) in [6.07, 6.45) is 0.332. The SMILES string of the molecule is OC(Cn1cnc(-c2ccccc2)n1)c1ccc(F)cc1F. The van der Waals surface area contributed by atoms with Gasteiger partial charge in [0, 0.05) is 17.2 Å². The maximum absolute atomic E-state index is 13.6. The van der Waals surface area contributed by atoms with Gasteiger partial charge in [0.2, 0.25) is 0 Å². The van der Waals surface area contributed by atoms with Crippen LogP contribution < -0.4 is 0 Å². The number of aliphatic hydroxyl groups is 1. The zero-order valence-corrected chi connectivity index (χ0v) is 11.5. The maximum atomic E-state index is 13.6. The molecule has 3 rings (SSSR count). The smallest absolute Gasteiger partial charge is 0.181 e. The topological polar surface area (TPSA) is 50.9 Å². The van der Waals surface area contributed by atoms with Gasteiger partial charge in [-0.25, -0.2) is 18.4 Å². The Morgan fingerprint density at radius 2 is 1.86 bits per heavy atom. The Bertz CT molecular complexity index is 774. The second-order valence-electron chi connectivity index (χ2n) is 4.84. The minimum absolute atomic E-state index is 0.0261. The first kappa shape index (κ1) is 14.3. The fourth-order valence-corrected chi connectivity index (χ4v) is 2.15. The van der Waals surface area contributed by atoms with Crippen molar-refractivity contribution in [3.63, 3.8) is 0 Å². The highest BCUT2D eigenvalue weighted by Gasteiger charge is 2.15. The molecule has 1 N–H and O–H groups in total. The third-order valence-electron chi connectivity index (χ3n) is 3.25. The molecule has 0 spiro atoms. The lowest BCUT2D eigenvalue weighted by atomic mass is 10.1. The van der Waals surface area contributed by atoms with E-state index in [1.165, 1.54) is 17.1 Å². The lowest BCUT2D eigenvalue weighted by molar-refractivity contribution is 0.147. The third-order valence-corrected chi connectivity index (χ3v) is 3.25. The lowest BCUT2D eigenvalue weighted by Gasteiger charge is -2.11. The van der Waals surface area contributed by atoms with Crippen LogP contribution in [0.4, 0.5) is 8.78 Å². The molecule has 3 aromatic rings. The van der Waals surface area contributed by atoms with E-state index in [4.69, 9.17) is 0 Å². The number of aliphatic hydroxyl groups excluding tert-OH is 1. The normalized spacial score (nSPS) is 12.3. The third kappa shape index (κ3) is 3.01. The molecule has 0 aliphatic heterocycles. The van der Waals surface area contributed by atoms with Crippen molar-refractivity contribution in [3.8, 4) is 11.4 Å². The number of aromatic nitrogens is 3. The van der Waals surface area contributed by atoms with Crippen LogP contribution in [0.15, 0.2) is 54.9 Å². The van der Waals surface area contributed by atoms with E-state index in [9.17, 15) is 13.9 Å². The first-order valence-corrected chi connectivity index (χ1v) is 6.71. The second-order valence-corrected chi connectivity index (χ2v) is 4.84. The summed E-state index contributed by atoms with van der Waals surface area (Å²) in [7, 11) is 0. The molecule has 1 heterocycles. The van der Waals surface area contributed by atoms with Crippen LogP contribution >= 0.6 is 0 Å². The molecule has 1 atom stereocenters. The molecule has 0 radical (unpaired) electrons. The molecule has 22 heavy (non-hydrogen) atoms. The number of halogens is 2. The molecule has 1 unspecified atom stereocenters. The van der Waals surface area contributed by atoms with Crippen molar-refractivity contribution >= 4 is 0 Å². The second kappa shape index (κ2) is 6.03. The van der Waals surface area contributed by atoms with Gasteiger partial charge in [-0.05, 0) is 6.07 Å². The molecule has 0 aliphatic rings. The van der Waals surface area contributed by atoms with Crippen molar-refractivity contribution in [3.05, 3.63) is 72.1 Å². The van der Waals surface area contributed by atoms with Crippen molar-refractivity contribution in [1.29, 1.82) is 0 Å². The average Bonchev–Trinajstić information content (AvgIpc) is 2.96. The van der Waals surface area contributed by atoms with Crippen LogP contribution in [-0.4, -0.2) is 19.9 Å². The molecule has 0 aliphatic carbocycles. The van der Waals surface area contributed by atoms with Crippen LogP contribution in [0.1, 0.15) is 11.7 Å². The summed E-state index contributed by atoms with van der Waals surface area (Å²) in [6.45, 7) is 0.0301. The van der Waals surface area contributed by atoms with Crippen LogP contribution in [0.25, 0.3) is 11.4 Å². The van der Waals surface area contributed by atoms with Gasteiger partial charge < -0.3 is 5.11 Å². The molecule has 0 fully saturated rings. The minimum atomic E-state index is -1.13. The number of hydrogen-bond donors (Lipinski definition) is 1. The van der Waals surface area contributed by atoms with E-state index in [2.05, 4.69) is 10.1 Å². The summed E-state index contributed by atoms with van der Waals surface area (Å²) < 4.78 is 27.9. The standard InChI is InChI=1S/C16H13F2N3O/c17-12-6-7-13(14(18)8-12)15(22)9-21-10-19-16(20-21)11-4-2-1-3-5-11/h1-8,10,15,22H,9H2. The Labute approximate surface area is 125 Å². The average molecular weight is 301 g/mol. The van der Waals surface area contributed by atoms with Crippen molar-refractivity contribution in [2.24, 2.45) is 0 Å². The van der Waals surface area contributed by atoms with Gasteiger partial charge in [0.15, 0.2) is 5.82 Å². The van der Waals surface area contributed by atoms with Gasteiger partial charge in [0.05, 0.1) is 6.54 Å². The summed E-state index contributed by atoms with van der Waals surface area (Å²) in [4.78, 5) is 4.16. The van der Waals surface area contributed by atoms with E-state index in [1.54, 1.807) is 0 Å². The molecule has 0 saturated carbocycles. The Morgan fingerprint density at radius 3 is 2.59 bits per heavy atom. The number of hydrogen-bond acceptors (Lipinski definition) is 3. The molecule has 112 valence electrons. The minimum Gasteiger partial charge on any atom is -0.386 e.